The first-order valence-corrected chi connectivity index (χ1v) is 9.49. The maximum Gasteiger partial charge on any atom is 0.323 e. The zero-order chi connectivity index (χ0) is 22.1. The molecule has 0 aliphatic heterocycles. The number of hydrogen-bond donors (Lipinski definition) is 5. The number of benzene rings is 3. The minimum absolute atomic E-state index is 0.118. The zero-order valence-electron chi connectivity index (χ0n) is 16.5. The summed E-state index contributed by atoms with van der Waals surface area (Å²) in [5.74, 6) is -0.448. The molecule has 158 valence electrons. The van der Waals surface area contributed by atoms with Crippen molar-refractivity contribution in [2.75, 3.05) is 10.6 Å². The van der Waals surface area contributed by atoms with Gasteiger partial charge in [0.1, 0.15) is 5.52 Å². The lowest BCUT2D eigenvalue weighted by Gasteiger charge is -2.21. The van der Waals surface area contributed by atoms with Crippen LogP contribution in [0.25, 0.3) is 22.0 Å². The largest absolute Gasteiger partial charge is 0.392 e. The highest BCUT2D eigenvalue weighted by Crippen LogP contribution is 2.36. The number of urea groups is 1. The number of nitrogens with two attached hydrogens (primary N) is 3. The van der Waals surface area contributed by atoms with Gasteiger partial charge in [-0.05, 0) is 47.0 Å². The van der Waals surface area contributed by atoms with Gasteiger partial charge in [-0.1, -0.05) is 24.3 Å². The molecule has 0 bridgehead atoms. The number of halogens is 1. The third kappa shape index (κ3) is 3.56. The molecule has 0 atom stereocenters. The number of carbonyl (C=O) groups is 1. The molecule has 4 aromatic rings. The number of nitrogens with zero attached hydrogens (tertiary/aromatic N) is 2. The van der Waals surface area contributed by atoms with Crippen LogP contribution in [0.1, 0.15) is 11.1 Å². The Balaban J connectivity index is 1.80. The quantitative estimate of drug-likeness (QED) is 0.336. The molecule has 31 heavy (non-hydrogen) atoms. The Bertz CT molecular complexity index is 1270. The van der Waals surface area contributed by atoms with E-state index in [0.29, 0.717) is 34.4 Å². The number of aliphatic hydroxyl groups is 1. The molecule has 0 radical (unpaired) electrons. The number of aliphatic hydroxyl groups excluding tert-OH is 1. The van der Waals surface area contributed by atoms with Crippen molar-refractivity contribution in [1.82, 2.24) is 10.2 Å². The minimum Gasteiger partial charge on any atom is -0.392 e. The number of carbonyl (C=O) groups excluding carboxylic acids is 1. The number of primary amides is 1. The molecule has 0 spiro atoms. The average molecular weight is 420 g/mol. The summed E-state index contributed by atoms with van der Waals surface area (Å²) in [5.41, 5.74) is 20.8. The molecule has 0 saturated carbocycles. The molecule has 0 aliphatic rings. The Kier molecular flexibility index (Phi) is 5.28. The standard InChI is InChI=1S/C22H21FN6O2/c23-19-14(11-30)9-17(18-20(19)27-28-21(18)25)13-4-6-15(7-5-13)29(22(26)31)16-3-1-2-12(8-16)10-24/h1-9,30H,10-11,24H2,(H2,26,31)(H3,25,27,28). The smallest absolute Gasteiger partial charge is 0.323 e. The molecule has 1 heterocycles. The van der Waals surface area contributed by atoms with Crippen LogP contribution < -0.4 is 22.1 Å². The molecule has 8 N–H and O–H groups in total. The van der Waals surface area contributed by atoms with Gasteiger partial charge in [0.05, 0.1) is 23.4 Å². The van der Waals surface area contributed by atoms with Crippen LogP contribution >= 0.6 is 0 Å². The summed E-state index contributed by atoms with van der Waals surface area (Å²) in [6.07, 6.45) is 0. The Hall–Kier alpha value is -3.95. The molecule has 0 saturated heterocycles. The predicted molar refractivity (Wildman–Crippen MR) is 118 cm³/mol. The van der Waals surface area contributed by atoms with Crippen LogP contribution in [0.4, 0.5) is 26.4 Å². The van der Waals surface area contributed by atoms with E-state index in [1.165, 1.54) is 11.0 Å². The van der Waals surface area contributed by atoms with Crippen LogP contribution in [0.2, 0.25) is 0 Å². The van der Waals surface area contributed by atoms with Gasteiger partial charge < -0.3 is 22.3 Å². The van der Waals surface area contributed by atoms with Gasteiger partial charge in [0, 0.05) is 12.1 Å². The highest BCUT2D eigenvalue weighted by molar-refractivity contribution is 6.03. The summed E-state index contributed by atoms with van der Waals surface area (Å²) in [7, 11) is 0. The van der Waals surface area contributed by atoms with E-state index in [0.717, 1.165) is 5.56 Å². The summed E-state index contributed by atoms with van der Waals surface area (Å²) < 4.78 is 14.5. The van der Waals surface area contributed by atoms with E-state index in [9.17, 15) is 14.3 Å². The van der Waals surface area contributed by atoms with Crippen molar-refractivity contribution in [3.8, 4) is 11.1 Å². The number of nitrogen functional groups attached to an aromatic ring is 1. The molecule has 4 rings (SSSR count). The van der Waals surface area contributed by atoms with Crippen LogP contribution in [0.3, 0.4) is 0 Å². The number of H-pyrrole nitrogens is 1. The summed E-state index contributed by atoms with van der Waals surface area (Å²) in [6.45, 7) is -0.141. The first-order chi connectivity index (χ1) is 14.9. The first kappa shape index (κ1) is 20.3. The van der Waals surface area contributed by atoms with Crippen LogP contribution in [-0.4, -0.2) is 21.3 Å². The summed E-state index contributed by atoms with van der Waals surface area (Å²) in [4.78, 5) is 13.5. The lowest BCUT2D eigenvalue weighted by Crippen LogP contribution is -2.31. The average Bonchev–Trinajstić information content (AvgIpc) is 3.17. The third-order valence-corrected chi connectivity index (χ3v) is 5.12. The van der Waals surface area contributed by atoms with E-state index in [1.807, 2.05) is 6.07 Å². The van der Waals surface area contributed by atoms with Crippen LogP contribution in [0.5, 0.6) is 0 Å². The van der Waals surface area contributed by atoms with Crippen molar-refractivity contribution in [3.63, 3.8) is 0 Å². The number of rotatable bonds is 5. The molecule has 3 aromatic carbocycles. The maximum atomic E-state index is 14.5. The monoisotopic (exact) mass is 420 g/mol. The van der Waals surface area contributed by atoms with E-state index in [4.69, 9.17) is 17.2 Å². The number of nitrogens with one attached hydrogen (secondary N) is 1. The Labute approximate surface area is 177 Å². The maximum absolute atomic E-state index is 14.5. The molecule has 0 unspecified atom stereocenters. The van der Waals surface area contributed by atoms with Crippen molar-refractivity contribution < 1.29 is 14.3 Å². The van der Waals surface area contributed by atoms with Gasteiger partial charge in [0.2, 0.25) is 0 Å². The van der Waals surface area contributed by atoms with Crippen molar-refractivity contribution in [1.29, 1.82) is 0 Å². The second-order valence-electron chi connectivity index (χ2n) is 7.01. The zero-order valence-corrected chi connectivity index (χ0v) is 16.5. The lowest BCUT2D eigenvalue weighted by molar-refractivity contribution is 0.256. The van der Waals surface area contributed by atoms with E-state index in [-0.39, 0.29) is 16.9 Å². The number of aromatic nitrogens is 2. The van der Waals surface area contributed by atoms with Crippen molar-refractivity contribution >= 4 is 34.1 Å². The van der Waals surface area contributed by atoms with Gasteiger partial charge in [-0.3, -0.25) is 10.00 Å². The molecule has 9 heteroatoms. The van der Waals surface area contributed by atoms with Gasteiger partial charge in [-0.15, -0.1) is 0 Å². The third-order valence-electron chi connectivity index (χ3n) is 5.12. The Morgan fingerprint density at radius 3 is 2.52 bits per heavy atom. The highest BCUT2D eigenvalue weighted by atomic mass is 19.1. The number of fused-ring (bicyclic) bond motifs is 1. The Morgan fingerprint density at radius 2 is 1.87 bits per heavy atom. The van der Waals surface area contributed by atoms with Crippen molar-refractivity contribution in [2.24, 2.45) is 11.5 Å². The number of amides is 2. The normalized spacial score (nSPS) is 11.1. The summed E-state index contributed by atoms with van der Waals surface area (Å²) >= 11 is 0. The fourth-order valence-corrected chi connectivity index (χ4v) is 3.62. The van der Waals surface area contributed by atoms with Crippen molar-refractivity contribution in [3.05, 3.63) is 71.5 Å². The number of anilines is 3. The second kappa shape index (κ2) is 8.05. The fraction of sp³-hybridized carbons (Fsp3) is 0.0909. The van der Waals surface area contributed by atoms with Gasteiger partial charge in [0.25, 0.3) is 0 Å². The highest BCUT2D eigenvalue weighted by Gasteiger charge is 2.19. The molecular formula is C22H21FN6O2. The van der Waals surface area contributed by atoms with Crippen LogP contribution in [0.15, 0.2) is 54.6 Å². The van der Waals surface area contributed by atoms with Crippen LogP contribution in [-0.2, 0) is 13.2 Å². The van der Waals surface area contributed by atoms with E-state index in [1.54, 1.807) is 42.5 Å². The van der Waals surface area contributed by atoms with E-state index < -0.39 is 18.5 Å². The lowest BCUT2D eigenvalue weighted by atomic mass is 9.98. The molecule has 2 amide bonds. The van der Waals surface area contributed by atoms with E-state index in [2.05, 4.69) is 10.2 Å². The summed E-state index contributed by atoms with van der Waals surface area (Å²) in [5, 5.41) is 16.4. The van der Waals surface area contributed by atoms with Gasteiger partial charge in [0.15, 0.2) is 11.6 Å². The molecule has 8 nitrogen and oxygen atoms in total. The number of hydrogen-bond acceptors (Lipinski definition) is 5. The van der Waals surface area contributed by atoms with Crippen LogP contribution in [0, 0.1) is 5.82 Å². The predicted octanol–water partition coefficient (Wildman–Crippen LogP) is 3.12. The van der Waals surface area contributed by atoms with Gasteiger partial charge >= 0.3 is 6.03 Å². The van der Waals surface area contributed by atoms with Gasteiger partial charge in [-0.25, -0.2) is 9.18 Å². The molecule has 1 aromatic heterocycles. The first-order valence-electron chi connectivity index (χ1n) is 9.49. The minimum atomic E-state index is -0.646. The van der Waals surface area contributed by atoms with Gasteiger partial charge in [-0.2, -0.15) is 5.10 Å². The number of aromatic amines is 1. The molecule has 0 aliphatic carbocycles. The topological polar surface area (TPSA) is 147 Å². The fourth-order valence-electron chi connectivity index (χ4n) is 3.62. The Morgan fingerprint density at radius 1 is 1.13 bits per heavy atom. The molecular weight excluding hydrogens is 399 g/mol. The molecule has 0 fully saturated rings. The SMILES string of the molecule is NCc1cccc(N(C(N)=O)c2ccc(-c3cc(CO)c(F)c4[nH]nc(N)c34)cc2)c1. The summed E-state index contributed by atoms with van der Waals surface area (Å²) in [6, 6.07) is 15.1. The second-order valence-corrected chi connectivity index (χ2v) is 7.01. The van der Waals surface area contributed by atoms with E-state index >= 15 is 0 Å². The van der Waals surface area contributed by atoms with Crippen molar-refractivity contribution in [2.45, 2.75) is 13.2 Å².